The number of anilines is 1. The molecule has 1 aromatic carbocycles. The van der Waals surface area contributed by atoms with Crippen molar-refractivity contribution < 1.29 is 14.8 Å². The molecule has 0 saturated carbocycles. The molecule has 0 spiro atoms. The summed E-state index contributed by atoms with van der Waals surface area (Å²) in [6.07, 6.45) is 0. The molecule has 1 aliphatic rings. The Morgan fingerprint density at radius 2 is 1.95 bits per heavy atom. The van der Waals surface area contributed by atoms with E-state index >= 15 is 0 Å². The lowest BCUT2D eigenvalue weighted by Crippen LogP contribution is -2.23. The number of carboxylic acids is 1. The van der Waals surface area contributed by atoms with Gasteiger partial charge in [0.05, 0.1) is 26.6 Å². The molecule has 6 nitrogen and oxygen atoms in total. The predicted molar refractivity (Wildman–Crippen MR) is 75.6 cm³/mol. The van der Waals surface area contributed by atoms with Gasteiger partial charge in [0.2, 0.25) is 0 Å². The molecule has 0 aromatic heterocycles. The normalized spacial score (nSPS) is 22.1. The SMILES string of the molecule is CC1CN(c2c(Cl)cc([N+](=O)[O-])cc2Cl)CC1C(=O)O. The minimum absolute atomic E-state index is 0.0465. The second kappa shape index (κ2) is 5.46. The Morgan fingerprint density at radius 3 is 2.35 bits per heavy atom. The lowest BCUT2D eigenvalue weighted by atomic mass is 9.99. The quantitative estimate of drug-likeness (QED) is 0.684. The Kier molecular flexibility index (Phi) is 4.06. The lowest BCUT2D eigenvalue weighted by molar-refractivity contribution is -0.384. The number of nitro groups is 1. The maximum absolute atomic E-state index is 11.1. The van der Waals surface area contributed by atoms with Crippen LogP contribution in [0, 0.1) is 22.0 Å². The summed E-state index contributed by atoms with van der Waals surface area (Å²) >= 11 is 12.1. The Bertz CT molecular complexity index is 556. The van der Waals surface area contributed by atoms with Crippen molar-refractivity contribution in [3.63, 3.8) is 0 Å². The molecular weight excluding hydrogens is 307 g/mol. The van der Waals surface area contributed by atoms with E-state index in [1.807, 2.05) is 6.92 Å². The molecule has 1 heterocycles. The van der Waals surface area contributed by atoms with Crippen molar-refractivity contribution in [2.75, 3.05) is 18.0 Å². The van der Waals surface area contributed by atoms with Gasteiger partial charge in [0, 0.05) is 25.2 Å². The molecule has 1 N–H and O–H groups in total. The fourth-order valence-corrected chi connectivity index (χ4v) is 3.15. The van der Waals surface area contributed by atoms with E-state index < -0.39 is 16.8 Å². The van der Waals surface area contributed by atoms with E-state index in [0.717, 1.165) is 0 Å². The molecule has 8 heteroatoms. The second-order valence-electron chi connectivity index (χ2n) is 4.84. The predicted octanol–water partition coefficient (Wildman–Crippen LogP) is 3.06. The van der Waals surface area contributed by atoms with E-state index in [1.165, 1.54) is 12.1 Å². The number of aliphatic carboxylic acids is 1. The maximum atomic E-state index is 11.1. The van der Waals surface area contributed by atoms with Crippen LogP contribution >= 0.6 is 23.2 Å². The van der Waals surface area contributed by atoms with Gasteiger partial charge in [-0.15, -0.1) is 0 Å². The van der Waals surface area contributed by atoms with Crippen molar-refractivity contribution in [1.82, 2.24) is 0 Å². The zero-order valence-corrected chi connectivity index (χ0v) is 12.1. The smallest absolute Gasteiger partial charge is 0.308 e. The van der Waals surface area contributed by atoms with E-state index in [9.17, 15) is 14.9 Å². The van der Waals surface area contributed by atoms with E-state index in [4.69, 9.17) is 28.3 Å². The molecule has 0 bridgehead atoms. The minimum Gasteiger partial charge on any atom is -0.481 e. The second-order valence-corrected chi connectivity index (χ2v) is 5.66. The van der Waals surface area contributed by atoms with Crippen molar-refractivity contribution in [2.45, 2.75) is 6.92 Å². The monoisotopic (exact) mass is 318 g/mol. The number of rotatable bonds is 3. The number of carbonyl (C=O) groups is 1. The van der Waals surface area contributed by atoms with Crippen LogP contribution < -0.4 is 4.90 Å². The molecular formula is C12H12Cl2N2O4. The molecule has 1 aliphatic heterocycles. The van der Waals surface area contributed by atoms with E-state index in [-0.39, 0.29) is 28.2 Å². The first-order valence-electron chi connectivity index (χ1n) is 5.92. The first kappa shape index (κ1) is 14.9. The van der Waals surface area contributed by atoms with Crippen molar-refractivity contribution >= 4 is 40.5 Å². The number of hydrogen-bond donors (Lipinski definition) is 1. The van der Waals surface area contributed by atoms with Crippen LogP contribution in [0.5, 0.6) is 0 Å². The van der Waals surface area contributed by atoms with Crippen LogP contribution in [0.3, 0.4) is 0 Å². The van der Waals surface area contributed by atoms with Crippen molar-refractivity contribution in [1.29, 1.82) is 0 Å². The molecule has 0 aliphatic carbocycles. The van der Waals surface area contributed by atoms with Gasteiger partial charge in [-0.1, -0.05) is 30.1 Å². The van der Waals surface area contributed by atoms with Crippen LogP contribution in [0.25, 0.3) is 0 Å². The first-order chi connectivity index (χ1) is 9.31. The van der Waals surface area contributed by atoms with Gasteiger partial charge in [0.15, 0.2) is 0 Å². The molecule has 1 fully saturated rings. The number of halogens is 2. The van der Waals surface area contributed by atoms with Crippen LogP contribution in [-0.4, -0.2) is 29.1 Å². The van der Waals surface area contributed by atoms with Gasteiger partial charge in [-0.05, 0) is 5.92 Å². The summed E-state index contributed by atoms with van der Waals surface area (Å²) in [7, 11) is 0. The Labute approximate surface area is 125 Å². The third kappa shape index (κ3) is 2.66. The van der Waals surface area contributed by atoms with Gasteiger partial charge in [-0.3, -0.25) is 14.9 Å². The van der Waals surface area contributed by atoms with E-state index in [2.05, 4.69) is 0 Å². The summed E-state index contributed by atoms with van der Waals surface area (Å²) < 4.78 is 0. The van der Waals surface area contributed by atoms with Gasteiger partial charge in [-0.2, -0.15) is 0 Å². The number of hydrogen-bond acceptors (Lipinski definition) is 4. The maximum Gasteiger partial charge on any atom is 0.308 e. The van der Waals surface area contributed by atoms with E-state index in [0.29, 0.717) is 12.2 Å². The topological polar surface area (TPSA) is 83.7 Å². The Balaban J connectivity index is 2.35. The minimum atomic E-state index is -0.867. The number of carboxylic acid groups (broad SMARTS) is 1. The zero-order chi connectivity index (χ0) is 15.0. The molecule has 0 radical (unpaired) electrons. The van der Waals surface area contributed by atoms with Gasteiger partial charge in [-0.25, -0.2) is 0 Å². The summed E-state index contributed by atoms with van der Waals surface area (Å²) in [4.78, 5) is 23.0. The third-order valence-electron chi connectivity index (χ3n) is 3.46. The molecule has 20 heavy (non-hydrogen) atoms. The summed E-state index contributed by atoms with van der Waals surface area (Å²) in [5, 5.41) is 20.2. The van der Waals surface area contributed by atoms with Gasteiger partial charge in [0.25, 0.3) is 5.69 Å². The fourth-order valence-electron chi connectivity index (χ4n) is 2.43. The van der Waals surface area contributed by atoms with Gasteiger partial charge < -0.3 is 10.0 Å². The fraction of sp³-hybridized carbons (Fsp3) is 0.417. The average Bonchev–Trinajstić information content (AvgIpc) is 2.70. The van der Waals surface area contributed by atoms with Crippen LogP contribution in [0.15, 0.2) is 12.1 Å². The van der Waals surface area contributed by atoms with Gasteiger partial charge in [0.1, 0.15) is 0 Å². The lowest BCUT2D eigenvalue weighted by Gasteiger charge is -2.21. The van der Waals surface area contributed by atoms with Crippen LogP contribution in [0.1, 0.15) is 6.92 Å². The van der Waals surface area contributed by atoms with Crippen molar-refractivity contribution in [3.8, 4) is 0 Å². The Morgan fingerprint density at radius 1 is 1.40 bits per heavy atom. The highest BCUT2D eigenvalue weighted by Gasteiger charge is 2.36. The molecule has 108 valence electrons. The standard InChI is InChI=1S/C12H12Cl2N2O4/c1-6-4-15(5-8(6)12(17)18)11-9(13)2-7(16(19)20)3-10(11)14/h2-3,6,8H,4-5H2,1H3,(H,17,18). The number of non-ortho nitro benzene ring substituents is 1. The largest absolute Gasteiger partial charge is 0.481 e. The number of nitro benzene ring substituents is 1. The molecule has 2 atom stereocenters. The summed E-state index contributed by atoms with van der Waals surface area (Å²) in [5.74, 6) is -1.42. The van der Waals surface area contributed by atoms with Gasteiger partial charge >= 0.3 is 5.97 Å². The van der Waals surface area contributed by atoms with Crippen LogP contribution in [-0.2, 0) is 4.79 Å². The molecule has 2 rings (SSSR count). The first-order valence-corrected chi connectivity index (χ1v) is 6.68. The highest BCUT2D eigenvalue weighted by molar-refractivity contribution is 6.39. The van der Waals surface area contributed by atoms with Crippen molar-refractivity contribution in [3.05, 3.63) is 32.3 Å². The van der Waals surface area contributed by atoms with Crippen LogP contribution in [0.4, 0.5) is 11.4 Å². The molecule has 1 aromatic rings. The average molecular weight is 319 g/mol. The third-order valence-corrected chi connectivity index (χ3v) is 4.03. The number of benzene rings is 1. The summed E-state index contributed by atoms with van der Waals surface area (Å²) in [5.41, 5.74) is 0.264. The van der Waals surface area contributed by atoms with E-state index in [1.54, 1.807) is 4.90 Å². The van der Waals surface area contributed by atoms with Crippen LogP contribution in [0.2, 0.25) is 10.0 Å². The summed E-state index contributed by atoms with van der Waals surface area (Å²) in [6.45, 7) is 2.62. The molecule has 2 unspecified atom stereocenters. The summed E-state index contributed by atoms with van der Waals surface area (Å²) in [6, 6.07) is 2.45. The Hall–Kier alpha value is -1.53. The number of nitrogens with zero attached hydrogens (tertiary/aromatic N) is 2. The molecule has 1 saturated heterocycles. The zero-order valence-electron chi connectivity index (χ0n) is 10.5. The highest BCUT2D eigenvalue weighted by atomic mass is 35.5. The highest BCUT2D eigenvalue weighted by Crippen LogP contribution is 2.40. The molecule has 0 amide bonds. The van der Waals surface area contributed by atoms with Crippen molar-refractivity contribution in [2.24, 2.45) is 11.8 Å².